The summed E-state index contributed by atoms with van der Waals surface area (Å²) in [6, 6.07) is 0. The molecule has 7 heteroatoms. The molecular formula is C16H20N2O4S. The Kier molecular flexibility index (Phi) is 5.54. The van der Waals surface area contributed by atoms with Crippen LogP contribution >= 0.6 is 11.3 Å². The number of carbonyl (C=O) groups excluding carboxylic acids is 2. The maximum Gasteiger partial charge on any atom is 0.328 e. The predicted octanol–water partition coefficient (Wildman–Crippen LogP) is 2.33. The van der Waals surface area contributed by atoms with Crippen molar-refractivity contribution in [3.8, 4) is 0 Å². The number of primary amides is 1. The Morgan fingerprint density at radius 1 is 1.39 bits per heavy atom. The topological polar surface area (TPSA) is 109 Å². The average molecular weight is 336 g/mol. The molecule has 124 valence electrons. The Morgan fingerprint density at radius 2 is 2.13 bits per heavy atom. The summed E-state index contributed by atoms with van der Waals surface area (Å²) in [5.74, 6) is -1.75. The summed E-state index contributed by atoms with van der Waals surface area (Å²) in [4.78, 5) is 35.1. The first-order chi connectivity index (χ1) is 10.9. The molecule has 0 aliphatic heterocycles. The van der Waals surface area contributed by atoms with Crippen molar-refractivity contribution >= 4 is 34.1 Å². The lowest BCUT2D eigenvalue weighted by atomic mass is 9.84. The average Bonchev–Trinajstić information content (AvgIpc) is 2.82. The Morgan fingerprint density at radius 3 is 2.74 bits per heavy atom. The number of carboxylic acids is 1. The van der Waals surface area contributed by atoms with Crippen LogP contribution in [0.5, 0.6) is 0 Å². The van der Waals surface area contributed by atoms with Crippen LogP contribution in [0.1, 0.15) is 47.0 Å². The Bertz CT molecular complexity index is 663. The van der Waals surface area contributed by atoms with Gasteiger partial charge in [-0.2, -0.15) is 0 Å². The molecule has 1 aliphatic rings. The van der Waals surface area contributed by atoms with E-state index in [4.69, 9.17) is 10.8 Å². The normalized spacial score (nSPS) is 17.0. The van der Waals surface area contributed by atoms with Crippen LogP contribution in [-0.2, 0) is 22.4 Å². The maximum absolute atomic E-state index is 11.8. The second-order valence-corrected chi connectivity index (χ2v) is 6.74. The molecule has 0 unspecified atom stereocenters. The van der Waals surface area contributed by atoms with Crippen LogP contribution in [-0.4, -0.2) is 22.9 Å². The number of anilines is 1. The largest absolute Gasteiger partial charge is 0.478 e. The van der Waals surface area contributed by atoms with Gasteiger partial charge in [0.1, 0.15) is 5.00 Å². The van der Waals surface area contributed by atoms with E-state index in [-0.39, 0.29) is 0 Å². The molecule has 0 radical (unpaired) electrons. The van der Waals surface area contributed by atoms with Gasteiger partial charge in [-0.25, -0.2) is 4.79 Å². The lowest BCUT2D eigenvalue weighted by Gasteiger charge is -2.21. The molecule has 0 spiro atoms. The van der Waals surface area contributed by atoms with Gasteiger partial charge in [0.05, 0.1) is 5.56 Å². The molecule has 1 heterocycles. The number of fused-ring (bicyclic) bond motifs is 1. The number of hydrogen-bond acceptors (Lipinski definition) is 4. The number of nitrogens with one attached hydrogen (secondary N) is 1. The van der Waals surface area contributed by atoms with Crippen molar-refractivity contribution in [2.75, 3.05) is 5.32 Å². The van der Waals surface area contributed by atoms with E-state index in [1.165, 1.54) is 11.3 Å². The molecule has 1 aliphatic carbocycles. The van der Waals surface area contributed by atoms with Crippen LogP contribution in [0, 0.1) is 5.92 Å². The van der Waals surface area contributed by atoms with Gasteiger partial charge in [0.15, 0.2) is 0 Å². The molecule has 2 amide bonds. The van der Waals surface area contributed by atoms with Gasteiger partial charge in [-0.3, -0.25) is 9.59 Å². The molecule has 1 aromatic rings. The number of rotatable bonds is 6. The van der Waals surface area contributed by atoms with Crippen LogP contribution in [0.15, 0.2) is 12.2 Å². The highest BCUT2D eigenvalue weighted by molar-refractivity contribution is 7.17. The highest BCUT2D eigenvalue weighted by Gasteiger charge is 2.28. The van der Waals surface area contributed by atoms with Gasteiger partial charge in [-0.1, -0.05) is 19.8 Å². The third kappa shape index (κ3) is 4.19. The highest BCUT2D eigenvalue weighted by atomic mass is 32.1. The summed E-state index contributed by atoms with van der Waals surface area (Å²) < 4.78 is 0. The second kappa shape index (κ2) is 7.41. The minimum absolute atomic E-state index is 0.372. The molecule has 2 rings (SSSR count). The van der Waals surface area contributed by atoms with E-state index in [1.54, 1.807) is 0 Å². The molecule has 0 saturated heterocycles. The number of carbonyl (C=O) groups is 3. The van der Waals surface area contributed by atoms with E-state index < -0.39 is 17.8 Å². The lowest BCUT2D eigenvalue weighted by Crippen LogP contribution is -2.19. The van der Waals surface area contributed by atoms with E-state index >= 15 is 0 Å². The van der Waals surface area contributed by atoms with E-state index in [9.17, 15) is 14.4 Å². The van der Waals surface area contributed by atoms with Crippen LogP contribution in [0.25, 0.3) is 0 Å². The van der Waals surface area contributed by atoms with E-state index in [0.717, 1.165) is 54.7 Å². The Labute approximate surface area is 138 Å². The van der Waals surface area contributed by atoms with Crippen molar-refractivity contribution < 1.29 is 19.5 Å². The van der Waals surface area contributed by atoms with Crippen LogP contribution < -0.4 is 11.1 Å². The molecule has 0 bridgehead atoms. The maximum atomic E-state index is 11.8. The first-order valence-corrected chi connectivity index (χ1v) is 8.40. The van der Waals surface area contributed by atoms with Crippen molar-refractivity contribution in [1.82, 2.24) is 0 Å². The van der Waals surface area contributed by atoms with Crippen LogP contribution in [0.4, 0.5) is 5.00 Å². The standard InChI is InChI=1S/C16H20N2O4S/c1-2-3-9-4-5-10-11(8-9)23-16(14(10)15(17)22)18-12(19)6-7-13(20)21/h6-7,9H,2-5,8H2,1H3,(H2,17,22)(H,18,19)(H,20,21)/t9-/m1/s1. The minimum Gasteiger partial charge on any atom is -0.478 e. The zero-order chi connectivity index (χ0) is 17.0. The Balaban J connectivity index is 2.25. The summed E-state index contributed by atoms with van der Waals surface area (Å²) in [5.41, 5.74) is 6.79. The number of thiophene rings is 1. The molecule has 4 N–H and O–H groups in total. The second-order valence-electron chi connectivity index (χ2n) is 5.63. The molecule has 23 heavy (non-hydrogen) atoms. The molecule has 1 atom stereocenters. The Hall–Kier alpha value is -2.15. The van der Waals surface area contributed by atoms with Gasteiger partial charge in [0.2, 0.25) is 5.91 Å². The molecular weight excluding hydrogens is 316 g/mol. The number of nitrogens with two attached hydrogens (primary N) is 1. The number of carboxylic acid groups (broad SMARTS) is 1. The highest BCUT2D eigenvalue weighted by Crippen LogP contribution is 2.40. The molecule has 0 aromatic carbocycles. The number of amides is 2. The van der Waals surface area contributed by atoms with Crippen molar-refractivity contribution in [2.45, 2.75) is 39.0 Å². The zero-order valence-corrected chi connectivity index (χ0v) is 13.7. The van der Waals surface area contributed by atoms with Crippen molar-refractivity contribution in [1.29, 1.82) is 0 Å². The summed E-state index contributed by atoms with van der Waals surface area (Å²) in [6.45, 7) is 2.15. The molecule has 0 saturated carbocycles. The van der Waals surface area contributed by atoms with Gasteiger partial charge in [-0.15, -0.1) is 11.3 Å². The smallest absolute Gasteiger partial charge is 0.328 e. The first kappa shape index (κ1) is 17.2. The third-order valence-electron chi connectivity index (χ3n) is 3.92. The SMILES string of the molecule is CCC[C@@H]1CCc2c(sc(NC(=O)C=CC(=O)O)c2C(N)=O)C1. The summed E-state index contributed by atoms with van der Waals surface area (Å²) in [5, 5.41) is 11.5. The fourth-order valence-corrected chi connectivity index (χ4v) is 4.33. The van der Waals surface area contributed by atoms with Crippen LogP contribution in [0.3, 0.4) is 0 Å². The summed E-state index contributed by atoms with van der Waals surface area (Å²) >= 11 is 1.37. The molecule has 0 fully saturated rings. The van der Waals surface area contributed by atoms with Gasteiger partial charge >= 0.3 is 5.97 Å². The number of aliphatic carboxylic acids is 1. The summed E-state index contributed by atoms with van der Waals surface area (Å²) in [7, 11) is 0. The van der Waals surface area contributed by atoms with Crippen molar-refractivity contribution in [3.63, 3.8) is 0 Å². The van der Waals surface area contributed by atoms with E-state index in [2.05, 4.69) is 12.2 Å². The van der Waals surface area contributed by atoms with Gasteiger partial charge in [0, 0.05) is 17.0 Å². The zero-order valence-electron chi connectivity index (χ0n) is 12.9. The summed E-state index contributed by atoms with van der Waals surface area (Å²) in [6.07, 6.45) is 6.65. The van der Waals surface area contributed by atoms with Crippen LogP contribution in [0.2, 0.25) is 0 Å². The fourth-order valence-electron chi connectivity index (χ4n) is 2.96. The number of hydrogen-bond donors (Lipinski definition) is 3. The molecule has 1 aromatic heterocycles. The quantitative estimate of drug-likeness (QED) is 0.693. The minimum atomic E-state index is -1.21. The van der Waals surface area contributed by atoms with Gasteiger partial charge in [0.25, 0.3) is 5.91 Å². The lowest BCUT2D eigenvalue weighted by molar-refractivity contribution is -0.131. The van der Waals surface area contributed by atoms with Crippen molar-refractivity contribution in [3.05, 3.63) is 28.2 Å². The monoisotopic (exact) mass is 336 g/mol. The predicted molar refractivity (Wildman–Crippen MR) is 88.7 cm³/mol. The van der Waals surface area contributed by atoms with Gasteiger partial charge in [-0.05, 0) is 30.7 Å². The van der Waals surface area contributed by atoms with Crippen molar-refractivity contribution in [2.24, 2.45) is 11.7 Å². The first-order valence-electron chi connectivity index (χ1n) is 7.58. The van der Waals surface area contributed by atoms with E-state index in [1.807, 2.05) is 0 Å². The fraction of sp³-hybridized carbons (Fsp3) is 0.438. The van der Waals surface area contributed by atoms with E-state index in [0.29, 0.717) is 16.5 Å². The van der Waals surface area contributed by atoms with Gasteiger partial charge < -0.3 is 16.2 Å². The molecule has 6 nitrogen and oxygen atoms in total. The third-order valence-corrected chi connectivity index (χ3v) is 5.09.